The number of fused-ring (bicyclic) bond motifs is 3. The zero-order valence-electron chi connectivity index (χ0n) is 18.2. The van der Waals surface area contributed by atoms with Gasteiger partial charge in [0, 0.05) is 19.5 Å². The highest BCUT2D eigenvalue weighted by Gasteiger charge is 2.31. The van der Waals surface area contributed by atoms with E-state index in [1.807, 2.05) is 6.07 Å². The van der Waals surface area contributed by atoms with Crippen LogP contribution in [0.4, 0.5) is 0 Å². The fraction of sp³-hybridized carbons (Fsp3) is 0.391. The summed E-state index contributed by atoms with van der Waals surface area (Å²) in [6.45, 7) is 1.53. The van der Waals surface area contributed by atoms with Gasteiger partial charge in [0.05, 0.1) is 34.5 Å². The Balaban J connectivity index is 2.45. The minimum absolute atomic E-state index is 0.0631. The first-order valence-electron chi connectivity index (χ1n) is 9.65. The van der Waals surface area contributed by atoms with E-state index in [-0.39, 0.29) is 23.1 Å². The topological polar surface area (TPSA) is 74.3 Å². The molecule has 7 heteroatoms. The quantitative estimate of drug-likeness (QED) is 0.749. The molecule has 0 radical (unpaired) electrons. The zero-order valence-corrected chi connectivity index (χ0v) is 18.2. The van der Waals surface area contributed by atoms with Gasteiger partial charge in [-0.3, -0.25) is 9.59 Å². The molecule has 1 aliphatic carbocycles. The van der Waals surface area contributed by atoms with Gasteiger partial charge in [0.2, 0.25) is 17.1 Å². The number of ether oxygens (including phenoxy) is 4. The third kappa shape index (κ3) is 3.56. The van der Waals surface area contributed by atoms with E-state index in [1.54, 1.807) is 45.4 Å². The van der Waals surface area contributed by atoms with Crippen LogP contribution < -0.4 is 24.4 Å². The molecule has 0 N–H and O–H groups in total. The van der Waals surface area contributed by atoms with Crippen LogP contribution in [0.3, 0.4) is 0 Å². The van der Waals surface area contributed by atoms with Crippen LogP contribution in [0.25, 0.3) is 11.1 Å². The van der Waals surface area contributed by atoms with E-state index in [0.29, 0.717) is 30.1 Å². The van der Waals surface area contributed by atoms with Crippen LogP contribution in [-0.4, -0.2) is 46.3 Å². The second-order valence-electron chi connectivity index (χ2n) is 7.14. The summed E-state index contributed by atoms with van der Waals surface area (Å²) >= 11 is 0. The number of methoxy groups -OCH3 is 4. The first kappa shape index (κ1) is 21.5. The SMILES string of the molecule is COc1cc2c(c(OC)c1OC)-c1ccc(=O)c(OC)cc1[C@@H](N(C)C(C)=O)CC2. The minimum atomic E-state index is -0.243. The van der Waals surface area contributed by atoms with Gasteiger partial charge in [0.15, 0.2) is 17.2 Å². The molecule has 1 atom stereocenters. The number of carbonyl (C=O) groups excluding carboxylic acids is 1. The fourth-order valence-electron chi connectivity index (χ4n) is 4.06. The molecule has 1 aliphatic rings. The minimum Gasteiger partial charge on any atom is -0.493 e. The van der Waals surface area contributed by atoms with Crippen LogP contribution in [0, 0.1) is 0 Å². The lowest BCUT2D eigenvalue weighted by Crippen LogP contribution is -2.29. The lowest BCUT2D eigenvalue weighted by molar-refractivity contribution is -0.129. The zero-order chi connectivity index (χ0) is 22.0. The van der Waals surface area contributed by atoms with Crippen LogP contribution in [-0.2, 0) is 11.2 Å². The van der Waals surface area contributed by atoms with Crippen molar-refractivity contribution in [2.75, 3.05) is 35.5 Å². The highest BCUT2D eigenvalue weighted by atomic mass is 16.5. The molecule has 0 bridgehead atoms. The third-order valence-electron chi connectivity index (χ3n) is 5.65. The number of carbonyl (C=O) groups is 1. The number of aryl methyl sites for hydroxylation is 1. The maximum absolute atomic E-state index is 12.5. The predicted octanol–water partition coefficient (Wildman–Crippen LogP) is 3.21. The molecular weight excluding hydrogens is 386 g/mol. The summed E-state index contributed by atoms with van der Waals surface area (Å²) < 4.78 is 22.2. The Morgan fingerprint density at radius 2 is 1.63 bits per heavy atom. The van der Waals surface area contributed by atoms with Gasteiger partial charge in [-0.15, -0.1) is 0 Å². The Kier molecular flexibility index (Phi) is 6.20. The number of hydrogen-bond donors (Lipinski definition) is 0. The van der Waals surface area contributed by atoms with E-state index in [0.717, 1.165) is 22.3 Å². The van der Waals surface area contributed by atoms with Crippen molar-refractivity contribution >= 4 is 5.91 Å². The highest BCUT2D eigenvalue weighted by molar-refractivity contribution is 5.83. The van der Waals surface area contributed by atoms with Crippen molar-refractivity contribution in [3.63, 3.8) is 0 Å². The Hall–Kier alpha value is -3.22. The van der Waals surface area contributed by atoms with Crippen LogP contribution in [0.5, 0.6) is 23.0 Å². The summed E-state index contributed by atoms with van der Waals surface area (Å²) in [6, 6.07) is 6.66. The fourth-order valence-corrected chi connectivity index (χ4v) is 4.06. The number of amides is 1. The number of benzene rings is 1. The molecule has 1 amide bonds. The number of hydrogen-bond acceptors (Lipinski definition) is 6. The number of nitrogens with zero attached hydrogens (tertiary/aromatic N) is 1. The lowest BCUT2D eigenvalue weighted by Gasteiger charge is -2.27. The van der Waals surface area contributed by atoms with E-state index in [9.17, 15) is 9.59 Å². The van der Waals surface area contributed by atoms with E-state index in [2.05, 4.69) is 0 Å². The molecule has 0 heterocycles. The lowest BCUT2D eigenvalue weighted by atomic mass is 9.95. The van der Waals surface area contributed by atoms with Crippen LogP contribution >= 0.6 is 0 Å². The smallest absolute Gasteiger partial charge is 0.220 e. The molecule has 160 valence electrons. The number of rotatable bonds is 5. The molecule has 0 saturated carbocycles. The van der Waals surface area contributed by atoms with Crippen LogP contribution in [0.1, 0.15) is 30.5 Å². The van der Waals surface area contributed by atoms with Gasteiger partial charge in [0.25, 0.3) is 0 Å². The Morgan fingerprint density at radius 3 is 2.20 bits per heavy atom. The van der Waals surface area contributed by atoms with E-state index in [4.69, 9.17) is 18.9 Å². The summed E-state index contributed by atoms with van der Waals surface area (Å²) in [5, 5.41) is 0. The van der Waals surface area contributed by atoms with Crippen molar-refractivity contribution in [1.82, 2.24) is 4.90 Å². The third-order valence-corrected chi connectivity index (χ3v) is 5.65. The van der Waals surface area contributed by atoms with Gasteiger partial charge in [-0.1, -0.05) is 0 Å². The van der Waals surface area contributed by atoms with Gasteiger partial charge in [-0.25, -0.2) is 0 Å². The summed E-state index contributed by atoms with van der Waals surface area (Å²) in [5.41, 5.74) is 3.18. The molecule has 0 aliphatic heterocycles. The van der Waals surface area contributed by atoms with Gasteiger partial charge in [-0.2, -0.15) is 0 Å². The molecule has 2 aromatic carbocycles. The predicted molar refractivity (Wildman–Crippen MR) is 114 cm³/mol. The average Bonchev–Trinajstić information content (AvgIpc) is 3.00. The Morgan fingerprint density at radius 1 is 0.967 bits per heavy atom. The Labute approximate surface area is 176 Å². The maximum Gasteiger partial charge on any atom is 0.220 e. The maximum atomic E-state index is 12.5. The summed E-state index contributed by atoms with van der Waals surface area (Å²) in [5.74, 6) is 1.73. The molecule has 0 unspecified atom stereocenters. The normalized spacial score (nSPS) is 14.7. The molecule has 7 nitrogen and oxygen atoms in total. The molecule has 0 fully saturated rings. The largest absolute Gasteiger partial charge is 0.493 e. The van der Waals surface area contributed by atoms with Crippen molar-refractivity contribution in [3.05, 3.63) is 45.6 Å². The van der Waals surface area contributed by atoms with Gasteiger partial charge in [0.1, 0.15) is 0 Å². The summed E-state index contributed by atoms with van der Waals surface area (Å²) in [4.78, 5) is 26.4. The second kappa shape index (κ2) is 8.65. The standard InChI is InChI=1S/C23H27NO6/c1-13(25)24(2)17-9-7-14-11-20(28-4)22(29-5)23(30-6)21(14)15-8-10-18(26)19(27-3)12-16(15)17/h8,10-12,17H,7,9H2,1-6H3/t17-/m0/s1. The van der Waals surface area contributed by atoms with Crippen molar-refractivity contribution in [3.8, 4) is 34.1 Å². The van der Waals surface area contributed by atoms with E-state index in [1.165, 1.54) is 20.1 Å². The first-order chi connectivity index (χ1) is 14.4. The van der Waals surface area contributed by atoms with Gasteiger partial charge in [-0.05, 0) is 53.8 Å². The average molecular weight is 413 g/mol. The summed E-state index contributed by atoms with van der Waals surface area (Å²) in [6.07, 6.45) is 1.34. The molecule has 3 rings (SSSR count). The first-order valence-corrected chi connectivity index (χ1v) is 9.65. The molecule has 0 aromatic heterocycles. The highest BCUT2D eigenvalue weighted by Crippen LogP contribution is 2.51. The molecular formula is C23H27NO6. The van der Waals surface area contributed by atoms with Gasteiger partial charge < -0.3 is 23.8 Å². The summed E-state index contributed by atoms with van der Waals surface area (Å²) in [7, 11) is 7.94. The van der Waals surface area contributed by atoms with E-state index >= 15 is 0 Å². The molecule has 0 saturated heterocycles. The van der Waals surface area contributed by atoms with E-state index < -0.39 is 0 Å². The van der Waals surface area contributed by atoms with Crippen LogP contribution in [0.2, 0.25) is 0 Å². The molecule has 30 heavy (non-hydrogen) atoms. The Bertz CT molecular complexity index is 1030. The second-order valence-corrected chi connectivity index (χ2v) is 7.14. The van der Waals surface area contributed by atoms with Crippen molar-refractivity contribution < 1.29 is 23.7 Å². The van der Waals surface area contributed by atoms with Crippen molar-refractivity contribution in [2.45, 2.75) is 25.8 Å². The van der Waals surface area contributed by atoms with Crippen molar-refractivity contribution in [1.29, 1.82) is 0 Å². The van der Waals surface area contributed by atoms with Crippen LogP contribution in [0.15, 0.2) is 29.1 Å². The van der Waals surface area contributed by atoms with Gasteiger partial charge >= 0.3 is 0 Å². The monoisotopic (exact) mass is 413 g/mol. The molecule has 2 aromatic rings. The molecule has 0 spiro atoms. The van der Waals surface area contributed by atoms with Crippen molar-refractivity contribution in [2.24, 2.45) is 0 Å².